The van der Waals surface area contributed by atoms with Crippen molar-refractivity contribution in [1.82, 2.24) is 9.78 Å². The number of rotatable bonds is 2. The molecule has 0 saturated heterocycles. The van der Waals surface area contributed by atoms with Gasteiger partial charge in [-0.05, 0) is 24.6 Å². The maximum Gasteiger partial charge on any atom is 0.267 e. The number of aromatic nitrogens is 2. The topological polar surface area (TPSA) is 37.8 Å². The number of nitrogens with one attached hydrogen (secondary N) is 1. The van der Waals surface area contributed by atoms with Gasteiger partial charge in [0.05, 0.1) is 0 Å². The lowest BCUT2D eigenvalue weighted by Gasteiger charge is -2.00. The first kappa shape index (κ1) is 10.7. The smallest absolute Gasteiger partial charge is 0.267 e. The zero-order valence-electron chi connectivity index (χ0n) is 9.25. The van der Waals surface area contributed by atoms with E-state index in [2.05, 4.69) is 5.10 Å². The summed E-state index contributed by atoms with van der Waals surface area (Å²) in [6.07, 6.45) is 0.530. The second-order valence-corrected chi connectivity index (χ2v) is 3.87. The minimum Gasteiger partial charge on any atom is -0.292 e. The van der Waals surface area contributed by atoms with Crippen LogP contribution in [0.1, 0.15) is 16.8 Å². The number of aromatic amines is 1. The van der Waals surface area contributed by atoms with Crippen LogP contribution in [0.4, 0.5) is 4.39 Å². The third kappa shape index (κ3) is 1.91. The van der Waals surface area contributed by atoms with Gasteiger partial charge in [0.15, 0.2) is 0 Å². The van der Waals surface area contributed by atoms with Crippen LogP contribution in [-0.2, 0) is 13.5 Å². The standard InChI is InChI=1S/C12H13FN2O/c1-8-11(12(16)14-15(8)2)7-9-3-5-10(13)6-4-9/h3-6H,7H2,1-2H3,(H,14,16). The molecule has 1 aromatic carbocycles. The van der Waals surface area contributed by atoms with Crippen LogP contribution in [-0.4, -0.2) is 9.78 Å². The molecule has 2 rings (SSSR count). The Bertz CT molecular complexity index is 551. The van der Waals surface area contributed by atoms with Gasteiger partial charge in [-0.15, -0.1) is 0 Å². The molecule has 0 saturated carbocycles. The van der Waals surface area contributed by atoms with Crippen molar-refractivity contribution in [3.8, 4) is 0 Å². The number of aryl methyl sites for hydroxylation is 1. The first-order valence-corrected chi connectivity index (χ1v) is 5.07. The largest absolute Gasteiger partial charge is 0.292 e. The van der Waals surface area contributed by atoms with E-state index in [0.29, 0.717) is 6.42 Å². The summed E-state index contributed by atoms with van der Waals surface area (Å²) in [5.41, 5.74) is 2.49. The van der Waals surface area contributed by atoms with Crippen molar-refractivity contribution in [2.24, 2.45) is 7.05 Å². The van der Waals surface area contributed by atoms with Gasteiger partial charge in [0, 0.05) is 24.7 Å². The minimum atomic E-state index is -0.262. The van der Waals surface area contributed by atoms with E-state index in [4.69, 9.17) is 0 Å². The van der Waals surface area contributed by atoms with Crippen LogP contribution < -0.4 is 5.56 Å². The van der Waals surface area contributed by atoms with Crippen LogP contribution in [0.25, 0.3) is 0 Å². The van der Waals surface area contributed by atoms with Crippen LogP contribution in [0, 0.1) is 12.7 Å². The Morgan fingerprint density at radius 2 is 1.94 bits per heavy atom. The molecule has 1 aromatic heterocycles. The lowest BCUT2D eigenvalue weighted by Crippen LogP contribution is -2.07. The summed E-state index contributed by atoms with van der Waals surface area (Å²) in [5.74, 6) is -0.262. The van der Waals surface area contributed by atoms with Crippen molar-refractivity contribution in [3.05, 3.63) is 57.3 Å². The molecule has 2 aromatic rings. The highest BCUT2D eigenvalue weighted by Gasteiger charge is 2.09. The van der Waals surface area contributed by atoms with Gasteiger partial charge in [-0.2, -0.15) is 0 Å². The first-order valence-electron chi connectivity index (χ1n) is 5.07. The predicted molar refractivity (Wildman–Crippen MR) is 60.0 cm³/mol. The molecule has 0 amide bonds. The third-order valence-corrected chi connectivity index (χ3v) is 2.78. The van der Waals surface area contributed by atoms with Gasteiger partial charge in [-0.25, -0.2) is 4.39 Å². The molecule has 3 nitrogen and oxygen atoms in total. The Morgan fingerprint density at radius 1 is 1.31 bits per heavy atom. The Labute approximate surface area is 92.5 Å². The lowest BCUT2D eigenvalue weighted by atomic mass is 10.1. The van der Waals surface area contributed by atoms with Crippen molar-refractivity contribution in [3.63, 3.8) is 0 Å². The average Bonchev–Trinajstić information content (AvgIpc) is 2.48. The molecular formula is C12H13FN2O. The molecule has 0 fully saturated rings. The fourth-order valence-electron chi connectivity index (χ4n) is 1.68. The van der Waals surface area contributed by atoms with Gasteiger partial charge < -0.3 is 0 Å². The summed E-state index contributed by atoms with van der Waals surface area (Å²) in [6, 6.07) is 6.20. The van der Waals surface area contributed by atoms with E-state index in [-0.39, 0.29) is 11.4 Å². The summed E-state index contributed by atoms with van der Waals surface area (Å²) in [6.45, 7) is 1.89. The number of benzene rings is 1. The van der Waals surface area contributed by atoms with E-state index in [9.17, 15) is 9.18 Å². The molecule has 0 radical (unpaired) electrons. The molecule has 0 atom stereocenters. The van der Waals surface area contributed by atoms with E-state index >= 15 is 0 Å². The van der Waals surface area contributed by atoms with Crippen molar-refractivity contribution < 1.29 is 4.39 Å². The van der Waals surface area contributed by atoms with Crippen LogP contribution in [0.3, 0.4) is 0 Å². The highest BCUT2D eigenvalue weighted by atomic mass is 19.1. The number of hydrogen-bond acceptors (Lipinski definition) is 1. The summed E-state index contributed by atoms with van der Waals surface area (Å²) in [4.78, 5) is 11.6. The van der Waals surface area contributed by atoms with Gasteiger partial charge in [0.2, 0.25) is 0 Å². The zero-order valence-corrected chi connectivity index (χ0v) is 9.25. The van der Waals surface area contributed by atoms with Crippen molar-refractivity contribution >= 4 is 0 Å². The van der Waals surface area contributed by atoms with E-state index in [1.54, 1.807) is 23.9 Å². The monoisotopic (exact) mass is 220 g/mol. The van der Waals surface area contributed by atoms with Crippen molar-refractivity contribution in [2.45, 2.75) is 13.3 Å². The Balaban J connectivity index is 2.34. The quantitative estimate of drug-likeness (QED) is 0.822. The lowest BCUT2D eigenvalue weighted by molar-refractivity contribution is 0.627. The third-order valence-electron chi connectivity index (χ3n) is 2.78. The second-order valence-electron chi connectivity index (χ2n) is 3.87. The summed E-state index contributed by atoms with van der Waals surface area (Å²) in [5, 5.41) is 2.69. The highest BCUT2D eigenvalue weighted by Crippen LogP contribution is 2.10. The van der Waals surface area contributed by atoms with E-state index in [1.807, 2.05) is 6.92 Å². The molecule has 0 unspecified atom stereocenters. The van der Waals surface area contributed by atoms with Crippen LogP contribution >= 0.6 is 0 Å². The van der Waals surface area contributed by atoms with Crippen LogP contribution in [0.2, 0.25) is 0 Å². The van der Waals surface area contributed by atoms with Crippen molar-refractivity contribution in [2.75, 3.05) is 0 Å². The predicted octanol–water partition coefficient (Wildman–Crippen LogP) is 1.75. The molecule has 4 heteroatoms. The SMILES string of the molecule is Cc1c(Cc2ccc(F)cc2)c(=O)[nH]n1C. The number of hydrogen-bond donors (Lipinski definition) is 1. The molecule has 0 aliphatic carbocycles. The summed E-state index contributed by atoms with van der Waals surface area (Å²) < 4.78 is 14.4. The Morgan fingerprint density at radius 3 is 2.44 bits per heavy atom. The fraction of sp³-hybridized carbons (Fsp3) is 0.250. The van der Waals surface area contributed by atoms with Gasteiger partial charge in [0.1, 0.15) is 5.82 Å². The molecule has 0 bridgehead atoms. The number of H-pyrrole nitrogens is 1. The molecule has 1 N–H and O–H groups in total. The summed E-state index contributed by atoms with van der Waals surface area (Å²) in [7, 11) is 1.80. The first-order chi connectivity index (χ1) is 7.58. The molecule has 0 spiro atoms. The molecule has 16 heavy (non-hydrogen) atoms. The molecule has 1 heterocycles. The summed E-state index contributed by atoms with van der Waals surface area (Å²) >= 11 is 0. The maximum absolute atomic E-state index is 12.7. The van der Waals surface area contributed by atoms with E-state index in [1.165, 1.54) is 12.1 Å². The van der Waals surface area contributed by atoms with Gasteiger partial charge in [-0.3, -0.25) is 14.6 Å². The van der Waals surface area contributed by atoms with E-state index < -0.39 is 0 Å². The average molecular weight is 220 g/mol. The van der Waals surface area contributed by atoms with Gasteiger partial charge >= 0.3 is 0 Å². The van der Waals surface area contributed by atoms with Gasteiger partial charge in [0.25, 0.3) is 5.56 Å². The Kier molecular flexibility index (Phi) is 2.64. The van der Waals surface area contributed by atoms with Crippen molar-refractivity contribution in [1.29, 1.82) is 0 Å². The normalized spacial score (nSPS) is 10.7. The van der Waals surface area contributed by atoms with Gasteiger partial charge in [-0.1, -0.05) is 12.1 Å². The molecular weight excluding hydrogens is 207 g/mol. The number of halogens is 1. The fourth-order valence-corrected chi connectivity index (χ4v) is 1.68. The van der Waals surface area contributed by atoms with E-state index in [0.717, 1.165) is 16.8 Å². The second kappa shape index (κ2) is 3.96. The highest BCUT2D eigenvalue weighted by molar-refractivity contribution is 5.27. The molecule has 0 aliphatic heterocycles. The zero-order chi connectivity index (χ0) is 11.7. The van der Waals surface area contributed by atoms with Crippen LogP contribution in [0.15, 0.2) is 29.1 Å². The molecule has 0 aliphatic rings. The maximum atomic E-state index is 12.7. The molecule has 84 valence electrons. The minimum absolute atomic E-state index is 0.0793. The van der Waals surface area contributed by atoms with Crippen LogP contribution in [0.5, 0.6) is 0 Å². The Hall–Kier alpha value is -1.84. The number of nitrogens with zero attached hydrogens (tertiary/aromatic N) is 1.